The fraction of sp³-hybridized carbons (Fsp3) is 0.417. The van der Waals surface area contributed by atoms with Gasteiger partial charge in [0.2, 0.25) is 0 Å². The van der Waals surface area contributed by atoms with Crippen molar-refractivity contribution in [3.05, 3.63) is 111 Å². The first kappa shape index (κ1) is 32.3. The molecule has 1 aliphatic heterocycles. The number of benzene rings is 3. The summed E-state index contributed by atoms with van der Waals surface area (Å²) < 4.78 is 99.6. The molecule has 3 aliphatic rings. The summed E-state index contributed by atoms with van der Waals surface area (Å²) in [6.45, 7) is 2.02. The highest BCUT2D eigenvalue weighted by molar-refractivity contribution is 5.90. The van der Waals surface area contributed by atoms with Crippen molar-refractivity contribution in [1.82, 2.24) is 0 Å². The van der Waals surface area contributed by atoms with E-state index in [0.29, 0.717) is 37.9 Å². The zero-order valence-corrected chi connectivity index (χ0v) is 25.2. The van der Waals surface area contributed by atoms with E-state index in [1.54, 1.807) is 25.1 Å². The van der Waals surface area contributed by atoms with Crippen LogP contribution in [0.5, 0.6) is 0 Å². The normalized spacial score (nSPS) is 23.5. The molecule has 4 nitrogen and oxygen atoms in total. The van der Waals surface area contributed by atoms with Gasteiger partial charge in [0, 0.05) is 23.1 Å². The Morgan fingerprint density at radius 3 is 1.98 bits per heavy atom. The van der Waals surface area contributed by atoms with E-state index < -0.39 is 64.7 Å². The first-order valence-corrected chi connectivity index (χ1v) is 15.7. The molecule has 3 unspecified atom stereocenters. The Morgan fingerprint density at radius 2 is 1.39 bits per heavy atom. The van der Waals surface area contributed by atoms with Gasteiger partial charge in [0.15, 0.2) is 34.9 Å². The molecule has 46 heavy (non-hydrogen) atoms. The monoisotopic (exact) mass is 644 g/mol. The molecule has 3 atom stereocenters. The molecule has 1 saturated carbocycles. The quantitative estimate of drug-likeness (QED) is 0.151. The number of ether oxygens (including phenoxy) is 2. The second-order valence-corrected chi connectivity index (χ2v) is 12.4. The molecular weight excluding hydrogens is 610 g/mol. The van der Waals surface area contributed by atoms with Crippen LogP contribution < -0.4 is 0 Å². The zero-order valence-electron chi connectivity index (χ0n) is 25.2. The lowest BCUT2D eigenvalue weighted by atomic mass is 9.75. The average molecular weight is 645 g/mol. The Hall–Kier alpha value is -3.63. The lowest BCUT2D eigenvalue weighted by Gasteiger charge is -2.30. The van der Waals surface area contributed by atoms with E-state index in [1.165, 1.54) is 24.3 Å². The van der Waals surface area contributed by atoms with Crippen LogP contribution in [0.3, 0.4) is 0 Å². The van der Waals surface area contributed by atoms with Gasteiger partial charge >= 0.3 is 5.97 Å². The third-order valence-corrected chi connectivity index (χ3v) is 9.60. The van der Waals surface area contributed by atoms with Gasteiger partial charge in [-0.15, -0.1) is 0 Å². The van der Waals surface area contributed by atoms with Crippen LogP contribution in [0.1, 0.15) is 121 Å². The van der Waals surface area contributed by atoms with Crippen molar-refractivity contribution >= 4 is 11.5 Å². The van der Waals surface area contributed by atoms with E-state index in [2.05, 4.69) is 0 Å². The fourth-order valence-corrected chi connectivity index (χ4v) is 6.79. The minimum Gasteiger partial charge on any atom is -0.458 e. The molecule has 2 fully saturated rings. The molecule has 1 saturated heterocycles. The number of rotatable bonds is 8. The standard InChI is InChI=1S/C36H34F6O4/c1-2-28(43)25-14-11-22(30(37)33(25)40)20-7-9-21(10-8-20)46-36(44)27-16-13-24(32(39)35(27)42)19-5-3-18(4-6-19)23-12-15-26(29-17-45-29)34(41)31(23)38/h7,11-16,18-19,21,28-29,43H,2-6,8-10,17H2,1H3. The molecule has 0 amide bonds. The number of halogens is 6. The van der Waals surface area contributed by atoms with Gasteiger partial charge in [-0.05, 0) is 79.5 Å². The zero-order chi connectivity index (χ0) is 32.7. The maximum Gasteiger partial charge on any atom is 0.341 e. The maximum absolute atomic E-state index is 15.3. The maximum atomic E-state index is 15.3. The van der Waals surface area contributed by atoms with Crippen LogP contribution in [-0.2, 0) is 9.47 Å². The lowest BCUT2D eigenvalue weighted by molar-refractivity contribution is 0.0278. The summed E-state index contributed by atoms with van der Waals surface area (Å²) in [6, 6.07) is 8.47. The highest BCUT2D eigenvalue weighted by atomic mass is 19.2. The minimum atomic E-state index is -1.31. The molecule has 6 rings (SSSR count). The van der Waals surface area contributed by atoms with Crippen LogP contribution in [-0.4, -0.2) is 23.8 Å². The molecule has 0 aromatic heterocycles. The molecule has 3 aromatic carbocycles. The van der Waals surface area contributed by atoms with Crippen molar-refractivity contribution in [1.29, 1.82) is 0 Å². The van der Waals surface area contributed by atoms with Crippen LogP contribution in [0.25, 0.3) is 5.57 Å². The van der Waals surface area contributed by atoms with E-state index in [0.717, 1.165) is 0 Å². The molecule has 0 radical (unpaired) electrons. The summed E-state index contributed by atoms with van der Waals surface area (Å²) in [4.78, 5) is 12.8. The second-order valence-electron chi connectivity index (χ2n) is 12.4. The van der Waals surface area contributed by atoms with Gasteiger partial charge in [-0.2, -0.15) is 0 Å². The van der Waals surface area contributed by atoms with E-state index in [1.807, 2.05) is 0 Å². The third-order valence-electron chi connectivity index (χ3n) is 9.60. The third kappa shape index (κ3) is 6.21. The smallest absolute Gasteiger partial charge is 0.341 e. The van der Waals surface area contributed by atoms with E-state index in [-0.39, 0.29) is 65.3 Å². The van der Waals surface area contributed by atoms with Crippen molar-refractivity contribution in [3.63, 3.8) is 0 Å². The molecule has 0 bridgehead atoms. The van der Waals surface area contributed by atoms with Gasteiger partial charge in [-0.3, -0.25) is 0 Å². The van der Waals surface area contributed by atoms with Crippen LogP contribution in [0, 0.1) is 34.9 Å². The van der Waals surface area contributed by atoms with Crippen LogP contribution in [0.15, 0.2) is 42.5 Å². The summed E-state index contributed by atoms with van der Waals surface area (Å²) in [5, 5.41) is 9.91. The Labute approximate surface area is 263 Å². The highest BCUT2D eigenvalue weighted by Crippen LogP contribution is 2.44. The molecule has 244 valence electrons. The van der Waals surface area contributed by atoms with Gasteiger partial charge in [0.25, 0.3) is 0 Å². The number of hydrogen-bond acceptors (Lipinski definition) is 4. The first-order valence-electron chi connectivity index (χ1n) is 15.7. The molecule has 1 N–H and O–H groups in total. The predicted octanol–water partition coefficient (Wildman–Crippen LogP) is 9.27. The van der Waals surface area contributed by atoms with Gasteiger partial charge in [0.1, 0.15) is 12.2 Å². The number of hydrogen-bond donors (Lipinski definition) is 1. The molecule has 10 heteroatoms. The summed E-state index contributed by atoms with van der Waals surface area (Å²) >= 11 is 0. The van der Waals surface area contributed by atoms with Crippen LogP contribution in [0.4, 0.5) is 26.3 Å². The molecule has 2 aliphatic carbocycles. The molecular formula is C36H34F6O4. The first-order chi connectivity index (χ1) is 22.1. The van der Waals surface area contributed by atoms with Crippen molar-refractivity contribution in [2.45, 2.75) is 88.4 Å². The SMILES string of the molecule is CCC(O)c1ccc(C2=CCC(OC(=O)c3ccc(C4CCC(c5ccc(C6CO6)c(F)c5F)CC4)c(F)c3F)CC2)c(F)c1F. The second kappa shape index (κ2) is 13.2. The summed E-state index contributed by atoms with van der Waals surface area (Å²) in [5.41, 5.74) is 0.533. The number of allylic oxidation sites excluding steroid dienone is 1. The molecule has 3 aromatic rings. The number of aliphatic hydroxyl groups is 1. The summed E-state index contributed by atoms with van der Waals surface area (Å²) in [5.74, 6) is -8.02. The Balaban J connectivity index is 1.07. The predicted molar refractivity (Wildman–Crippen MR) is 158 cm³/mol. The van der Waals surface area contributed by atoms with Crippen LogP contribution >= 0.6 is 0 Å². The van der Waals surface area contributed by atoms with E-state index in [4.69, 9.17) is 9.47 Å². The summed E-state index contributed by atoms with van der Waals surface area (Å²) in [7, 11) is 0. The number of esters is 1. The topological polar surface area (TPSA) is 59.1 Å². The van der Waals surface area contributed by atoms with Gasteiger partial charge in [-0.1, -0.05) is 43.3 Å². The van der Waals surface area contributed by atoms with Crippen molar-refractivity contribution in [3.8, 4) is 0 Å². The van der Waals surface area contributed by atoms with E-state index in [9.17, 15) is 27.5 Å². The molecule has 0 spiro atoms. The number of carbonyl (C=O) groups excluding carboxylic acids is 1. The van der Waals surface area contributed by atoms with Gasteiger partial charge in [-0.25, -0.2) is 31.1 Å². The van der Waals surface area contributed by atoms with Crippen molar-refractivity contribution in [2.24, 2.45) is 0 Å². The number of carbonyl (C=O) groups is 1. The van der Waals surface area contributed by atoms with Crippen molar-refractivity contribution < 1.29 is 45.7 Å². The largest absolute Gasteiger partial charge is 0.458 e. The van der Waals surface area contributed by atoms with E-state index >= 15 is 8.78 Å². The minimum absolute atomic E-state index is 0.0611. The van der Waals surface area contributed by atoms with Crippen LogP contribution in [0.2, 0.25) is 0 Å². The Kier molecular flexibility index (Phi) is 9.30. The van der Waals surface area contributed by atoms with Crippen molar-refractivity contribution in [2.75, 3.05) is 6.61 Å². The van der Waals surface area contributed by atoms with Gasteiger partial charge < -0.3 is 14.6 Å². The Bertz CT molecular complexity index is 1680. The number of epoxide rings is 1. The number of aliphatic hydroxyl groups excluding tert-OH is 1. The molecule has 1 heterocycles. The summed E-state index contributed by atoms with van der Waals surface area (Å²) in [6.07, 6.45) is 2.17. The Morgan fingerprint density at radius 1 is 0.804 bits per heavy atom. The lowest BCUT2D eigenvalue weighted by Crippen LogP contribution is -2.22. The highest BCUT2D eigenvalue weighted by Gasteiger charge is 2.34. The van der Waals surface area contributed by atoms with Gasteiger partial charge in [0.05, 0.1) is 18.3 Å². The fourth-order valence-electron chi connectivity index (χ4n) is 6.79. The average Bonchev–Trinajstić information content (AvgIpc) is 3.91.